The van der Waals surface area contributed by atoms with Gasteiger partial charge in [-0.2, -0.15) is 0 Å². The highest BCUT2D eigenvalue weighted by Crippen LogP contribution is 2.59. The van der Waals surface area contributed by atoms with Gasteiger partial charge in [0.1, 0.15) is 0 Å². The molecule has 1 atom stereocenters. The van der Waals surface area contributed by atoms with E-state index in [1.807, 2.05) is 72.8 Å². The zero-order chi connectivity index (χ0) is 33.7. The van der Waals surface area contributed by atoms with E-state index in [1.165, 1.54) is 22.3 Å². The van der Waals surface area contributed by atoms with E-state index in [4.69, 9.17) is 25.4 Å². The summed E-state index contributed by atoms with van der Waals surface area (Å²) in [5, 5.41) is 8.60. The van der Waals surface area contributed by atoms with Crippen LogP contribution < -0.4 is 15.2 Å². The van der Waals surface area contributed by atoms with E-state index in [0.717, 1.165) is 27.8 Å². The van der Waals surface area contributed by atoms with Gasteiger partial charge in [-0.3, -0.25) is 11.1 Å². The van der Waals surface area contributed by atoms with Crippen molar-refractivity contribution in [3.8, 4) is 45.3 Å². The summed E-state index contributed by atoms with van der Waals surface area (Å²) in [4.78, 5) is 0. The molecular formula is C45H32N2O3. The van der Waals surface area contributed by atoms with Crippen LogP contribution in [0.25, 0.3) is 22.3 Å². The van der Waals surface area contributed by atoms with Crippen LogP contribution >= 0.6 is 0 Å². The molecule has 5 heteroatoms. The summed E-state index contributed by atoms with van der Waals surface area (Å²) in [5.74, 6) is 2.62. The van der Waals surface area contributed by atoms with Crippen molar-refractivity contribution in [2.45, 2.75) is 11.6 Å². The largest absolute Gasteiger partial charge is 0.454 e. The minimum atomic E-state index is -0.735. The molecular weight excluding hydrogens is 617 g/mol. The van der Waals surface area contributed by atoms with Crippen molar-refractivity contribution in [2.75, 3.05) is 0 Å². The molecule has 5 nitrogen and oxygen atoms in total. The number of nitrogens with two attached hydrogens (primary N) is 1. The highest BCUT2D eigenvalue weighted by Gasteiger charge is 2.47. The van der Waals surface area contributed by atoms with Crippen LogP contribution in [0.1, 0.15) is 39.6 Å². The molecule has 0 bridgehead atoms. The summed E-state index contributed by atoms with van der Waals surface area (Å²) in [6.07, 6.45) is -0.735. The van der Waals surface area contributed by atoms with Gasteiger partial charge < -0.3 is 14.2 Å². The molecule has 0 spiro atoms. The maximum atomic E-state index is 8.60. The predicted octanol–water partition coefficient (Wildman–Crippen LogP) is 10.6. The van der Waals surface area contributed by atoms with Crippen molar-refractivity contribution in [1.29, 1.82) is 5.41 Å². The fourth-order valence-corrected chi connectivity index (χ4v) is 7.44. The molecule has 1 aliphatic carbocycles. The first kappa shape index (κ1) is 29.7. The molecule has 0 saturated carbocycles. The topological polar surface area (TPSA) is 77.6 Å². The molecule has 9 rings (SSSR count). The molecule has 1 aliphatic heterocycles. The number of fused-ring (bicyclic) bond motifs is 5. The third-order valence-electron chi connectivity index (χ3n) is 9.74. The van der Waals surface area contributed by atoms with Gasteiger partial charge in [0.2, 0.25) is 5.90 Å². The lowest BCUT2D eigenvalue weighted by Crippen LogP contribution is -2.28. The Hall–Kier alpha value is -6.43. The highest BCUT2D eigenvalue weighted by molar-refractivity contribution is 5.93. The van der Waals surface area contributed by atoms with Crippen molar-refractivity contribution < 1.29 is 14.2 Å². The minimum Gasteiger partial charge on any atom is -0.454 e. The Morgan fingerprint density at radius 1 is 0.520 bits per heavy atom. The number of ether oxygens (including phenoxy) is 3. The van der Waals surface area contributed by atoms with Gasteiger partial charge in [-0.15, -0.1) is 0 Å². The quantitative estimate of drug-likeness (QED) is 0.107. The van der Waals surface area contributed by atoms with E-state index >= 15 is 0 Å². The van der Waals surface area contributed by atoms with Gasteiger partial charge in [0.05, 0.1) is 5.41 Å². The second kappa shape index (κ2) is 11.9. The summed E-state index contributed by atoms with van der Waals surface area (Å²) in [5.41, 5.74) is 16.1. The number of hydrogen-bond acceptors (Lipinski definition) is 5. The molecule has 2 aliphatic rings. The summed E-state index contributed by atoms with van der Waals surface area (Å²) < 4.78 is 19.0. The summed E-state index contributed by atoms with van der Waals surface area (Å²) in [7, 11) is 0. The maximum absolute atomic E-state index is 8.60. The lowest BCUT2D eigenvalue weighted by atomic mass is 9.67. The van der Waals surface area contributed by atoms with E-state index in [0.29, 0.717) is 28.6 Å². The Bertz CT molecular complexity index is 2350. The van der Waals surface area contributed by atoms with Gasteiger partial charge in [-0.25, -0.2) is 0 Å². The monoisotopic (exact) mass is 648 g/mol. The van der Waals surface area contributed by atoms with Crippen LogP contribution in [0.2, 0.25) is 0 Å². The normalized spacial score (nSPS) is 13.8. The molecule has 0 saturated heterocycles. The van der Waals surface area contributed by atoms with Crippen molar-refractivity contribution in [3.05, 3.63) is 203 Å². The molecule has 1 heterocycles. The molecule has 1 unspecified atom stereocenters. The van der Waals surface area contributed by atoms with E-state index in [2.05, 4.69) is 97.1 Å². The molecule has 240 valence electrons. The van der Waals surface area contributed by atoms with Crippen LogP contribution in [0.5, 0.6) is 23.0 Å². The molecule has 0 radical (unpaired) electrons. The number of benzene rings is 7. The summed E-state index contributed by atoms with van der Waals surface area (Å²) in [6, 6.07) is 57.5. The average molecular weight is 649 g/mol. The average Bonchev–Trinajstić information content (AvgIpc) is 3.46. The van der Waals surface area contributed by atoms with Gasteiger partial charge in [0.25, 0.3) is 0 Å². The SMILES string of the molecule is N=C(OC(N)c1ccccc1)c1cccc(-c2ccc3c(c2)Oc2cc4c(cc2O3)C(c2ccccc2)(c2ccccc2)c2ccccc2-4)c1. The smallest absolute Gasteiger partial charge is 0.215 e. The first-order chi connectivity index (χ1) is 24.6. The van der Waals surface area contributed by atoms with E-state index in [1.54, 1.807) is 0 Å². The molecule has 3 N–H and O–H groups in total. The number of rotatable bonds is 6. The van der Waals surface area contributed by atoms with Gasteiger partial charge in [-0.05, 0) is 80.9 Å². The van der Waals surface area contributed by atoms with Crippen molar-refractivity contribution in [3.63, 3.8) is 0 Å². The number of hydrogen-bond donors (Lipinski definition) is 2. The molecule has 7 aromatic carbocycles. The fraction of sp³-hybridized carbons (Fsp3) is 0.0444. The van der Waals surface area contributed by atoms with Crippen LogP contribution in [0.4, 0.5) is 0 Å². The van der Waals surface area contributed by atoms with Gasteiger partial charge in [0, 0.05) is 11.1 Å². The molecule has 0 fully saturated rings. The standard InChI is InChI=1S/C45H32N2O3/c46-43(29-13-4-1-5-14-29)50-44(47)32-16-12-15-30(25-32)31-23-24-39-40(26-31)49-41-27-36-35-21-10-11-22-37(35)45(33-17-6-2-7-18-33,34-19-8-3-9-20-34)38(36)28-42(41)48-39/h1-28,43,47H,46H2. The van der Waals surface area contributed by atoms with Crippen LogP contribution in [0, 0.1) is 5.41 Å². The van der Waals surface area contributed by atoms with Gasteiger partial charge >= 0.3 is 0 Å². The van der Waals surface area contributed by atoms with Crippen molar-refractivity contribution in [1.82, 2.24) is 0 Å². The van der Waals surface area contributed by atoms with Crippen LogP contribution in [-0.4, -0.2) is 5.90 Å². The lowest BCUT2D eigenvalue weighted by Gasteiger charge is -2.34. The van der Waals surface area contributed by atoms with Gasteiger partial charge in [0.15, 0.2) is 29.2 Å². The molecule has 7 aromatic rings. The molecule has 50 heavy (non-hydrogen) atoms. The maximum Gasteiger partial charge on any atom is 0.215 e. The summed E-state index contributed by atoms with van der Waals surface area (Å²) >= 11 is 0. The third kappa shape index (κ3) is 4.79. The Morgan fingerprint density at radius 2 is 1.12 bits per heavy atom. The van der Waals surface area contributed by atoms with Gasteiger partial charge in [-0.1, -0.05) is 133 Å². The Balaban J connectivity index is 1.08. The Labute approximate surface area is 290 Å². The lowest BCUT2D eigenvalue weighted by molar-refractivity contribution is 0.199. The zero-order valence-corrected chi connectivity index (χ0v) is 27.0. The second-order valence-corrected chi connectivity index (χ2v) is 12.6. The fourth-order valence-electron chi connectivity index (χ4n) is 7.44. The summed E-state index contributed by atoms with van der Waals surface area (Å²) in [6.45, 7) is 0. The molecule has 0 amide bonds. The minimum absolute atomic E-state index is 0.00546. The molecule has 0 aromatic heterocycles. The van der Waals surface area contributed by atoms with Crippen LogP contribution in [-0.2, 0) is 10.2 Å². The van der Waals surface area contributed by atoms with E-state index in [-0.39, 0.29) is 5.90 Å². The highest BCUT2D eigenvalue weighted by atomic mass is 16.6. The predicted molar refractivity (Wildman–Crippen MR) is 197 cm³/mol. The first-order valence-electron chi connectivity index (χ1n) is 16.7. The zero-order valence-electron chi connectivity index (χ0n) is 27.0. The number of nitrogens with one attached hydrogen (secondary N) is 1. The Morgan fingerprint density at radius 3 is 1.86 bits per heavy atom. The van der Waals surface area contributed by atoms with Crippen molar-refractivity contribution in [2.24, 2.45) is 5.73 Å². The van der Waals surface area contributed by atoms with E-state index in [9.17, 15) is 0 Å². The van der Waals surface area contributed by atoms with Crippen LogP contribution in [0.15, 0.2) is 170 Å². The van der Waals surface area contributed by atoms with Crippen molar-refractivity contribution >= 4 is 5.90 Å². The Kier molecular flexibility index (Phi) is 7.08. The van der Waals surface area contributed by atoms with Crippen LogP contribution in [0.3, 0.4) is 0 Å². The first-order valence-corrected chi connectivity index (χ1v) is 16.7. The third-order valence-corrected chi connectivity index (χ3v) is 9.74. The van der Waals surface area contributed by atoms with E-state index < -0.39 is 11.6 Å². The second-order valence-electron chi connectivity index (χ2n) is 12.6.